The molecule has 90 valence electrons. The molecule has 17 heavy (non-hydrogen) atoms. The van der Waals surface area contributed by atoms with Crippen LogP contribution in [0.1, 0.15) is 5.69 Å². The van der Waals surface area contributed by atoms with Crippen LogP contribution in [0, 0.1) is 0 Å². The second-order valence-electron chi connectivity index (χ2n) is 3.18. The summed E-state index contributed by atoms with van der Waals surface area (Å²) >= 11 is 0. The molecule has 2 aromatic heterocycles. The molecule has 0 amide bonds. The minimum atomic E-state index is -4.55. The molecule has 2 rings (SSSR count). The minimum Gasteiger partial charge on any atom is -0.511 e. The van der Waals surface area contributed by atoms with Crippen molar-refractivity contribution in [1.29, 1.82) is 0 Å². The summed E-state index contributed by atoms with van der Waals surface area (Å²) in [5, 5.41) is 17.1. The van der Waals surface area contributed by atoms with Gasteiger partial charge < -0.3 is 14.7 Å². The molecule has 9 heteroatoms. The van der Waals surface area contributed by atoms with Crippen molar-refractivity contribution in [1.82, 2.24) is 9.38 Å². The topological polar surface area (TPSA) is 67.0 Å². The number of rotatable bonds is 2. The second kappa shape index (κ2) is 3.93. The van der Waals surface area contributed by atoms with Crippen LogP contribution in [-0.2, 0) is 6.18 Å². The Kier molecular flexibility index (Phi) is 2.72. The molecule has 0 saturated carbocycles. The van der Waals surface area contributed by atoms with Crippen LogP contribution in [0.25, 0.3) is 5.65 Å². The second-order valence-corrected chi connectivity index (χ2v) is 3.18. The van der Waals surface area contributed by atoms with Gasteiger partial charge in [0, 0.05) is 0 Å². The number of aromatic nitrogens is 2. The van der Waals surface area contributed by atoms with E-state index in [4.69, 9.17) is 10.0 Å². The summed E-state index contributed by atoms with van der Waals surface area (Å²) < 4.78 is 42.9. The van der Waals surface area contributed by atoms with Crippen LogP contribution in [0.15, 0.2) is 24.5 Å². The lowest BCUT2D eigenvalue weighted by Gasteiger charge is -2.08. The fourth-order valence-corrected chi connectivity index (χ4v) is 1.36. The van der Waals surface area contributed by atoms with Crippen molar-refractivity contribution in [2.75, 3.05) is 0 Å². The summed E-state index contributed by atoms with van der Waals surface area (Å²) in [4.78, 5) is 3.57. The molecule has 0 atom stereocenters. The van der Waals surface area contributed by atoms with E-state index in [0.29, 0.717) is 6.20 Å². The Morgan fingerprint density at radius 1 is 1.29 bits per heavy atom. The first-order valence-electron chi connectivity index (χ1n) is 4.45. The molecular formula is C8H6BF3N2O3. The largest absolute Gasteiger partial charge is 0.707 e. The zero-order chi connectivity index (χ0) is 12.6. The normalized spacial score (nSPS) is 11.8. The molecule has 0 aliphatic rings. The van der Waals surface area contributed by atoms with Crippen LogP contribution in [0.2, 0.25) is 0 Å². The van der Waals surface area contributed by atoms with Crippen molar-refractivity contribution in [3.05, 3.63) is 30.2 Å². The molecule has 5 nitrogen and oxygen atoms in total. The lowest BCUT2D eigenvalue weighted by Crippen LogP contribution is -2.20. The lowest BCUT2D eigenvalue weighted by molar-refractivity contribution is -0.141. The molecule has 0 radical (unpaired) electrons. The Hall–Kier alpha value is -1.74. The van der Waals surface area contributed by atoms with Gasteiger partial charge in [-0.15, -0.1) is 0 Å². The highest BCUT2D eigenvalue weighted by molar-refractivity contribution is 6.33. The maximum atomic E-state index is 12.5. The van der Waals surface area contributed by atoms with E-state index >= 15 is 0 Å². The van der Waals surface area contributed by atoms with Gasteiger partial charge in [0.05, 0.1) is 12.4 Å². The monoisotopic (exact) mass is 246 g/mol. The third-order valence-electron chi connectivity index (χ3n) is 2.01. The summed E-state index contributed by atoms with van der Waals surface area (Å²) in [6.07, 6.45) is -2.88. The van der Waals surface area contributed by atoms with Crippen molar-refractivity contribution in [3.63, 3.8) is 0 Å². The van der Waals surface area contributed by atoms with Crippen LogP contribution in [0.5, 0.6) is 5.75 Å². The van der Waals surface area contributed by atoms with Gasteiger partial charge in [0.1, 0.15) is 17.1 Å². The van der Waals surface area contributed by atoms with E-state index in [2.05, 4.69) is 9.64 Å². The molecule has 0 aliphatic heterocycles. The highest BCUT2D eigenvalue weighted by atomic mass is 19.4. The molecule has 0 saturated heterocycles. The summed E-state index contributed by atoms with van der Waals surface area (Å²) in [5.74, 6) is -0.115. The van der Waals surface area contributed by atoms with Crippen molar-refractivity contribution in [2.24, 2.45) is 0 Å². The van der Waals surface area contributed by atoms with E-state index < -0.39 is 19.2 Å². The van der Waals surface area contributed by atoms with E-state index in [1.54, 1.807) is 0 Å². The smallest absolute Gasteiger partial charge is 0.511 e. The van der Waals surface area contributed by atoms with E-state index in [0.717, 1.165) is 10.6 Å². The fourth-order valence-electron chi connectivity index (χ4n) is 1.36. The number of hydrogen-bond acceptors (Lipinski definition) is 4. The van der Waals surface area contributed by atoms with E-state index in [9.17, 15) is 13.2 Å². The van der Waals surface area contributed by atoms with E-state index in [1.807, 2.05) is 0 Å². The van der Waals surface area contributed by atoms with Gasteiger partial charge in [-0.1, -0.05) is 0 Å². The summed E-state index contributed by atoms with van der Waals surface area (Å²) in [5.41, 5.74) is -0.887. The quantitative estimate of drug-likeness (QED) is 0.765. The number of alkyl halides is 3. The third kappa shape index (κ3) is 2.34. The molecule has 0 spiro atoms. The number of imidazole rings is 1. The first-order chi connectivity index (χ1) is 7.88. The minimum absolute atomic E-state index is 0.0807. The van der Waals surface area contributed by atoms with Crippen LogP contribution in [0.4, 0.5) is 13.2 Å². The number of halogens is 3. The number of hydrogen-bond donors (Lipinski definition) is 2. The van der Waals surface area contributed by atoms with Gasteiger partial charge in [-0.3, -0.25) is 4.40 Å². The molecule has 0 bridgehead atoms. The number of pyridine rings is 1. The van der Waals surface area contributed by atoms with Crippen molar-refractivity contribution >= 4 is 13.0 Å². The van der Waals surface area contributed by atoms with Gasteiger partial charge in [-0.2, -0.15) is 13.2 Å². The van der Waals surface area contributed by atoms with Crippen LogP contribution >= 0.6 is 0 Å². The Labute approximate surface area is 93.3 Å². The zero-order valence-corrected chi connectivity index (χ0v) is 8.22. The first kappa shape index (κ1) is 11.7. The predicted octanol–water partition coefficient (Wildman–Crippen LogP) is 0.701. The molecule has 0 unspecified atom stereocenters. The average molecular weight is 246 g/mol. The van der Waals surface area contributed by atoms with Crippen molar-refractivity contribution in [3.8, 4) is 5.75 Å². The van der Waals surface area contributed by atoms with Gasteiger partial charge >= 0.3 is 13.5 Å². The molecule has 2 heterocycles. The van der Waals surface area contributed by atoms with Crippen LogP contribution < -0.4 is 4.65 Å². The SMILES string of the molecule is OB(O)Oc1ccc2ncc(C(F)(F)F)n2c1. The first-order valence-corrected chi connectivity index (χ1v) is 4.45. The van der Waals surface area contributed by atoms with E-state index in [1.165, 1.54) is 12.1 Å². The van der Waals surface area contributed by atoms with Crippen molar-refractivity contribution in [2.45, 2.75) is 6.18 Å². The number of fused-ring (bicyclic) bond motifs is 1. The summed E-state index contributed by atoms with van der Waals surface area (Å²) in [7, 11) is -2.09. The maximum Gasteiger partial charge on any atom is 0.707 e. The highest BCUT2D eigenvalue weighted by Crippen LogP contribution is 2.30. The van der Waals surface area contributed by atoms with E-state index in [-0.39, 0.29) is 11.4 Å². The van der Waals surface area contributed by atoms with Crippen LogP contribution in [0.3, 0.4) is 0 Å². The molecule has 2 aromatic rings. The third-order valence-corrected chi connectivity index (χ3v) is 2.01. The van der Waals surface area contributed by atoms with Gasteiger partial charge in [-0.25, -0.2) is 4.98 Å². The average Bonchev–Trinajstić information content (AvgIpc) is 2.58. The molecule has 2 N–H and O–H groups in total. The Morgan fingerprint density at radius 3 is 2.59 bits per heavy atom. The molecule has 0 aliphatic carbocycles. The zero-order valence-electron chi connectivity index (χ0n) is 8.22. The molecular weight excluding hydrogens is 240 g/mol. The molecule has 0 aromatic carbocycles. The Morgan fingerprint density at radius 2 is 2.00 bits per heavy atom. The molecule has 0 fully saturated rings. The van der Waals surface area contributed by atoms with Crippen molar-refractivity contribution < 1.29 is 27.9 Å². The van der Waals surface area contributed by atoms with Gasteiger partial charge in [-0.05, 0) is 12.1 Å². The maximum absolute atomic E-state index is 12.5. The summed E-state index contributed by atoms with van der Waals surface area (Å²) in [6.45, 7) is 0. The highest BCUT2D eigenvalue weighted by Gasteiger charge is 2.34. The predicted molar refractivity (Wildman–Crippen MR) is 51.0 cm³/mol. The van der Waals surface area contributed by atoms with Gasteiger partial charge in [0.15, 0.2) is 0 Å². The number of nitrogens with zero attached hydrogens (tertiary/aromatic N) is 2. The standard InChI is InChI=1S/C8H6BF3N2O3/c10-8(11,12)6-3-13-7-2-1-5(4-14(6)7)17-9(15)16/h1-4,15-16H. The van der Waals surface area contributed by atoms with Gasteiger partial charge in [0.2, 0.25) is 0 Å². The van der Waals surface area contributed by atoms with Gasteiger partial charge in [0.25, 0.3) is 0 Å². The fraction of sp³-hybridized carbons (Fsp3) is 0.125. The summed E-state index contributed by atoms with van der Waals surface area (Å²) in [6, 6.07) is 2.55. The Balaban J connectivity index is 2.51. The Bertz CT molecular complexity index is 540. The van der Waals surface area contributed by atoms with Crippen LogP contribution in [-0.4, -0.2) is 26.8 Å². The lowest BCUT2D eigenvalue weighted by atomic mass is 10.2.